The Balaban J connectivity index is 1.58. The Hall–Kier alpha value is -2.28. The van der Waals surface area contributed by atoms with Crippen molar-refractivity contribution in [1.29, 1.82) is 0 Å². The first-order valence-electron chi connectivity index (χ1n) is 9.71. The molecule has 2 saturated heterocycles. The number of ether oxygens (including phenoxy) is 3. The minimum absolute atomic E-state index is 0.0449. The molecule has 2 aliphatic heterocycles. The topological polar surface area (TPSA) is 68.3 Å². The lowest BCUT2D eigenvalue weighted by Crippen LogP contribution is -2.45. The maximum atomic E-state index is 12.7. The van der Waals surface area contributed by atoms with Gasteiger partial charge in [0.2, 0.25) is 5.91 Å². The van der Waals surface area contributed by atoms with Crippen LogP contribution >= 0.6 is 0 Å². The van der Waals surface area contributed by atoms with Gasteiger partial charge in [0.05, 0.1) is 26.1 Å². The van der Waals surface area contributed by atoms with Gasteiger partial charge in [0, 0.05) is 26.1 Å². The van der Waals surface area contributed by atoms with Crippen LogP contribution in [0.3, 0.4) is 0 Å². The number of rotatable bonds is 6. The molecular formula is C21H30N2O5. The summed E-state index contributed by atoms with van der Waals surface area (Å²) in [6, 6.07) is 5.53. The molecule has 2 heterocycles. The van der Waals surface area contributed by atoms with Crippen LogP contribution in [0.2, 0.25) is 0 Å². The number of amides is 1. The summed E-state index contributed by atoms with van der Waals surface area (Å²) in [6.07, 6.45) is 2.36. The van der Waals surface area contributed by atoms with Gasteiger partial charge in [-0.2, -0.15) is 0 Å². The molecule has 2 aliphatic rings. The van der Waals surface area contributed by atoms with Gasteiger partial charge in [-0.05, 0) is 44.6 Å². The minimum atomic E-state index is -0.416. The van der Waals surface area contributed by atoms with Gasteiger partial charge in [0.25, 0.3) is 0 Å². The molecular weight excluding hydrogens is 360 g/mol. The van der Waals surface area contributed by atoms with Crippen molar-refractivity contribution in [2.45, 2.75) is 31.8 Å². The van der Waals surface area contributed by atoms with Crippen molar-refractivity contribution in [3.63, 3.8) is 0 Å². The van der Waals surface area contributed by atoms with Gasteiger partial charge in [-0.15, -0.1) is 0 Å². The van der Waals surface area contributed by atoms with E-state index in [-0.39, 0.29) is 18.0 Å². The summed E-state index contributed by atoms with van der Waals surface area (Å²) in [7, 11) is 7.13. The highest BCUT2D eigenvalue weighted by atomic mass is 16.6. The highest BCUT2D eigenvalue weighted by Crippen LogP contribution is 2.43. The van der Waals surface area contributed by atoms with Crippen LogP contribution in [0.5, 0.6) is 11.5 Å². The van der Waals surface area contributed by atoms with Crippen molar-refractivity contribution in [3.8, 4) is 11.5 Å². The molecule has 0 aromatic heterocycles. The average Bonchev–Trinajstić information content (AvgIpc) is 2.95. The first-order chi connectivity index (χ1) is 13.4. The van der Waals surface area contributed by atoms with E-state index in [4.69, 9.17) is 14.2 Å². The summed E-state index contributed by atoms with van der Waals surface area (Å²) in [6.45, 7) is 1.93. The number of hydrogen-bond donors (Lipinski definition) is 0. The first-order valence-corrected chi connectivity index (χ1v) is 9.71. The maximum absolute atomic E-state index is 12.7. The van der Waals surface area contributed by atoms with Crippen molar-refractivity contribution in [3.05, 3.63) is 23.8 Å². The maximum Gasteiger partial charge on any atom is 0.312 e. The molecule has 3 rings (SSSR count). The molecule has 0 radical (unpaired) electrons. The third-order valence-electron chi connectivity index (χ3n) is 5.77. The van der Waals surface area contributed by atoms with E-state index in [1.165, 1.54) is 0 Å². The number of piperidine rings is 1. The fourth-order valence-electron chi connectivity index (χ4n) is 4.22. The molecule has 1 unspecified atom stereocenters. The van der Waals surface area contributed by atoms with Crippen molar-refractivity contribution in [1.82, 2.24) is 9.80 Å². The summed E-state index contributed by atoms with van der Waals surface area (Å²) in [5.74, 6) is 1.24. The van der Waals surface area contributed by atoms with Crippen LogP contribution in [0.25, 0.3) is 0 Å². The van der Waals surface area contributed by atoms with Crippen LogP contribution in [0, 0.1) is 5.41 Å². The standard InChI is InChI=1S/C21H30N2O5/c1-22(2)14-16-13-21(20(25)28-16)7-9-23(10-8-21)19(24)12-15-5-6-17(26-3)18(11-15)27-4/h5-6,11,16H,7-10,12-14H2,1-4H3. The molecule has 154 valence electrons. The number of cyclic esters (lactones) is 1. The Labute approximate surface area is 166 Å². The molecule has 0 N–H and O–H groups in total. The zero-order valence-electron chi connectivity index (χ0n) is 17.2. The van der Waals surface area contributed by atoms with Gasteiger partial charge >= 0.3 is 5.97 Å². The van der Waals surface area contributed by atoms with E-state index in [1.807, 2.05) is 42.1 Å². The Morgan fingerprint density at radius 1 is 1.21 bits per heavy atom. The Kier molecular flexibility index (Phi) is 6.13. The summed E-state index contributed by atoms with van der Waals surface area (Å²) in [5, 5.41) is 0. The molecule has 7 heteroatoms. The van der Waals surface area contributed by atoms with Crippen molar-refractivity contribution in [2.24, 2.45) is 5.41 Å². The predicted octanol–water partition coefficient (Wildman–Crippen LogP) is 1.73. The molecule has 7 nitrogen and oxygen atoms in total. The summed E-state index contributed by atoms with van der Waals surface area (Å²) in [4.78, 5) is 29.1. The van der Waals surface area contributed by atoms with Gasteiger partial charge < -0.3 is 24.0 Å². The van der Waals surface area contributed by atoms with Crippen LogP contribution < -0.4 is 9.47 Å². The molecule has 0 aliphatic carbocycles. The van der Waals surface area contributed by atoms with Crippen LogP contribution in [0.15, 0.2) is 18.2 Å². The molecule has 1 aromatic rings. The van der Waals surface area contributed by atoms with Gasteiger partial charge in [-0.3, -0.25) is 9.59 Å². The number of hydrogen-bond acceptors (Lipinski definition) is 6. The fourth-order valence-corrected chi connectivity index (χ4v) is 4.22. The van der Waals surface area contributed by atoms with E-state index in [0.29, 0.717) is 43.9 Å². The highest BCUT2D eigenvalue weighted by Gasteiger charge is 2.50. The Bertz CT molecular complexity index is 726. The second-order valence-corrected chi connectivity index (χ2v) is 8.02. The SMILES string of the molecule is COc1ccc(CC(=O)N2CCC3(CC2)CC(CN(C)C)OC3=O)cc1OC. The summed E-state index contributed by atoms with van der Waals surface area (Å²) < 4.78 is 16.1. The minimum Gasteiger partial charge on any atom is -0.493 e. The zero-order valence-corrected chi connectivity index (χ0v) is 17.2. The normalized spacial score (nSPS) is 21.1. The third-order valence-corrected chi connectivity index (χ3v) is 5.77. The van der Waals surface area contributed by atoms with Crippen LogP contribution in [-0.2, 0) is 20.7 Å². The second-order valence-electron chi connectivity index (χ2n) is 8.02. The van der Waals surface area contributed by atoms with E-state index in [0.717, 1.165) is 18.5 Å². The monoisotopic (exact) mass is 390 g/mol. The van der Waals surface area contributed by atoms with Crippen molar-refractivity contribution in [2.75, 3.05) is 47.9 Å². The fraction of sp³-hybridized carbons (Fsp3) is 0.619. The van der Waals surface area contributed by atoms with E-state index >= 15 is 0 Å². The molecule has 1 amide bonds. The van der Waals surface area contributed by atoms with E-state index in [2.05, 4.69) is 0 Å². The van der Waals surface area contributed by atoms with E-state index in [1.54, 1.807) is 14.2 Å². The smallest absolute Gasteiger partial charge is 0.312 e. The first kappa shape index (κ1) is 20.5. The predicted molar refractivity (Wildman–Crippen MR) is 105 cm³/mol. The largest absolute Gasteiger partial charge is 0.493 e. The number of carbonyl (C=O) groups is 2. The molecule has 0 saturated carbocycles. The van der Waals surface area contributed by atoms with Gasteiger partial charge in [-0.1, -0.05) is 6.07 Å². The quantitative estimate of drug-likeness (QED) is 0.689. The second kappa shape index (κ2) is 8.39. The van der Waals surface area contributed by atoms with Gasteiger partial charge in [0.15, 0.2) is 11.5 Å². The van der Waals surface area contributed by atoms with E-state index in [9.17, 15) is 9.59 Å². The molecule has 2 fully saturated rings. The molecule has 28 heavy (non-hydrogen) atoms. The Morgan fingerprint density at radius 3 is 2.50 bits per heavy atom. The molecule has 1 atom stereocenters. The molecule has 1 spiro atoms. The number of methoxy groups -OCH3 is 2. The number of esters is 1. The van der Waals surface area contributed by atoms with Gasteiger partial charge in [-0.25, -0.2) is 0 Å². The summed E-state index contributed by atoms with van der Waals surface area (Å²) in [5.41, 5.74) is 0.468. The number of benzene rings is 1. The van der Waals surface area contributed by atoms with Crippen molar-refractivity contribution >= 4 is 11.9 Å². The van der Waals surface area contributed by atoms with Crippen LogP contribution in [-0.4, -0.2) is 75.7 Å². The van der Waals surface area contributed by atoms with E-state index < -0.39 is 5.41 Å². The van der Waals surface area contributed by atoms with Crippen LogP contribution in [0.1, 0.15) is 24.8 Å². The zero-order chi connectivity index (χ0) is 20.3. The van der Waals surface area contributed by atoms with Crippen LogP contribution in [0.4, 0.5) is 0 Å². The lowest BCUT2D eigenvalue weighted by atomic mass is 9.76. The third kappa shape index (κ3) is 4.24. The number of carbonyl (C=O) groups excluding carboxylic acids is 2. The van der Waals surface area contributed by atoms with Gasteiger partial charge in [0.1, 0.15) is 6.10 Å². The average molecular weight is 390 g/mol. The van der Waals surface area contributed by atoms with Crippen molar-refractivity contribution < 1.29 is 23.8 Å². The molecule has 1 aromatic carbocycles. The number of nitrogens with zero attached hydrogens (tertiary/aromatic N) is 2. The lowest BCUT2D eigenvalue weighted by molar-refractivity contribution is -0.152. The summed E-state index contributed by atoms with van der Waals surface area (Å²) >= 11 is 0. The Morgan fingerprint density at radius 2 is 1.89 bits per heavy atom. The highest BCUT2D eigenvalue weighted by molar-refractivity contribution is 5.81. The lowest BCUT2D eigenvalue weighted by Gasteiger charge is -2.36. The number of likely N-dealkylation sites (tertiary alicyclic amines) is 1. The molecule has 0 bridgehead atoms. The number of likely N-dealkylation sites (N-methyl/N-ethyl adjacent to an activating group) is 1.